The van der Waals surface area contributed by atoms with Crippen molar-refractivity contribution in [2.24, 2.45) is 0 Å². The Bertz CT molecular complexity index is 1370. The molecule has 7 nitrogen and oxygen atoms in total. The van der Waals surface area contributed by atoms with Crippen LogP contribution in [0, 0.1) is 0 Å². The number of nitrogens with zero attached hydrogens (tertiary/aromatic N) is 2. The maximum atomic E-state index is 12.5. The molecule has 242 valence electrons. The van der Waals surface area contributed by atoms with Crippen LogP contribution in [0.25, 0.3) is 0 Å². The number of carbonyl (C=O) groups is 2. The SMILES string of the molecule is C[N+](CCOC(=O)OCOC(=O)CCC[N+]1(Cc2ccccc2Br)CCCCC1)(Cc1ccccc1Br)Cc1ccccc1Br. The highest BCUT2D eigenvalue weighted by Crippen LogP contribution is 2.28. The van der Waals surface area contributed by atoms with Gasteiger partial charge >= 0.3 is 12.1 Å². The first-order chi connectivity index (χ1) is 21.7. The van der Waals surface area contributed by atoms with E-state index in [1.54, 1.807) is 0 Å². The van der Waals surface area contributed by atoms with E-state index in [0.29, 0.717) is 11.0 Å². The summed E-state index contributed by atoms with van der Waals surface area (Å²) >= 11 is 11.0. The van der Waals surface area contributed by atoms with E-state index in [1.807, 2.05) is 42.5 Å². The standard InChI is InChI=1S/C35H43Br3N2O5/c1-39(24-28-12-3-6-15-31(28)36,25-29-13-4-7-16-32(29)37)22-23-43-35(42)45-27-44-34(41)18-11-21-40(19-9-2-10-20-40)26-30-14-5-8-17-33(30)38/h3-8,12-17H,2,9-11,18-27H2,1H3/q+2. The van der Waals surface area contributed by atoms with Gasteiger partial charge < -0.3 is 23.2 Å². The third kappa shape index (κ3) is 11.5. The van der Waals surface area contributed by atoms with Crippen LogP contribution in [0.15, 0.2) is 86.2 Å². The zero-order valence-electron chi connectivity index (χ0n) is 25.9. The Hall–Kier alpha value is -2.24. The minimum atomic E-state index is -0.845. The van der Waals surface area contributed by atoms with Crippen molar-refractivity contribution in [3.63, 3.8) is 0 Å². The van der Waals surface area contributed by atoms with Gasteiger partial charge in [0.1, 0.15) is 32.8 Å². The lowest BCUT2D eigenvalue weighted by molar-refractivity contribution is -0.945. The Morgan fingerprint density at radius 1 is 0.733 bits per heavy atom. The van der Waals surface area contributed by atoms with E-state index in [1.165, 1.54) is 36.0 Å². The van der Waals surface area contributed by atoms with E-state index in [0.717, 1.165) is 63.6 Å². The van der Waals surface area contributed by atoms with Gasteiger partial charge in [0.05, 0.1) is 33.1 Å². The summed E-state index contributed by atoms with van der Waals surface area (Å²) in [6.45, 7) is 5.86. The van der Waals surface area contributed by atoms with Crippen LogP contribution in [0.4, 0.5) is 4.79 Å². The van der Waals surface area contributed by atoms with Crippen LogP contribution in [0.2, 0.25) is 0 Å². The molecule has 1 saturated heterocycles. The molecule has 4 rings (SSSR count). The van der Waals surface area contributed by atoms with Gasteiger partial charge in [0.25, 0.3) is 0 Å². The highest BCUT2D eigenvalue weighted by Gasteiger charge is 2.31. The minimum Gasteiger partial charge on any atom is -0.428 e. The second-order valence-electron chi connectivity index (χ2n) is 12.1. The first-order valence-corrected chi connectivity index (χ1v) is 17.9. The van der Waals surface area contributed by atoms with Gasteiger partial charge in [0.2, 0.25) is 6.79 Å². The van der Waals surface area contributed by atoms with Crippen molar-refractivity contribution in [3.05, 3.63) is 103 Å². The molecule has 1 heterocycles. The van der Waals surface area contributed by atoms with Crippen LogP contribution >= 0.6 is 47.8 Å². The molecule has 10 heteroatoms. The monoisotopic (exact) mass is 808 g/mol. The topological polar surface area (TPSA) is 61.8 Å². The number of hydrogen-bond donors (Lipinski definition) is 0. The second-order valence-corrected chi connectivity index (χ2v) is 14.7. The van der Waals surface area contributed by atoms with Crippen LogP contribution in [-0.4, -0.2) is 67.7 Å². The molecule has 3 aromatic carbocycles. The fourth-order valence-corrected chi connectivity index (χ4v) is 7.32. The summed E-state index contributed by atoms with van der Waals surface area (Å²) in [6.07, 6.45) is 3.84. The lowest BCUT2D eigenvalue weighted by Gasteiger charge is -2.42. The molecule has 1 aliphatic heterocycles. The summed E-state index contributed by atoms with van der Waals surface area (Å²) in [4.78, 5) is 24.8. The zero-order valence-corrected chi connectivity index (χ0v) is 30.7. The molecule has 0 aliphatic carbocycles. The maximum Gasteiger partial charge on any atom is 0.511 e. The lowest BCUT2D eigenvalue weighted by Crippen LogP contribution is -2.51. The molecule has 0 amide bonds. The number of likely N-dealkylation sites (tertiary alicyclic amines) is 1. The molecule has 0 spiro atoms. The van der Waals surface area contributed by atoms with Crippen LogP contribution in [-0.2, 0) is 38.6 Å². The van der Waals surface area contributed by atoms with Crippen molar-refractivity contribution in [2.75, 3.05) is 46.6 Å². The van der Waals surface area contributed by atoms with Gasteiger partial charge in [-0.1, -0.05) is 102 Å². The summed E-state index contributed by atoms with van der Waals surface area (Å²) < 4.78 is 20.5. The van der Waals surface area contributed by atoms with Crippen LogP contribution < -0.4 is 0 Å². The fourth-order valence-electron chi connectivity index (χ4n) is 6.09. The Kier molecular flexibility index (Phi) is 13.9. The van der Waals surface area contributed by atoms with Crippen LogP contribution in [0.3, 0.4) is 0 Å². The summed E-state index contributed by atoms with van der Waals surface area (Å²) in [7, 11) is 2.14. The fraction of sp³-hybridized carbons (Fsp3) is 0.429. The number of hydrogen-bond acceptors (Lipinski definition) is 5. The molecule has 1 aliphatic rings. The summed E-state index contributed by atoms with van der Waals surface area (Å²) in [6, 6.07) is 24.7. The summed E-state index contributed by atoms with van der Waals surface area (Å²) in [5.41, 5.74) is 3.64. The highest BCUT2D eigenvalue weighted by molar-refractivity contribution is 9.11. The van der Waals surface area contributed by atoms with Crippen LogP contribution in [0.1, 0.15) is 48.8 Å². The van der Waals surface area contributed by atoms with E-state index in [2.05, 4.69) is 85.2 Å². The first kappa shape index (κ1) is 35.6. The molecule has 0 saturated carbocycles. The van der Waals surface area contributed by atoms with Gasteiger partial charge in [0, 0.05) is 36.5 Å². The Morgan fingerprint density at radius 2 is 1.27 bits per heavy atom. The van der Waals surface area contributed by atoms with Gasteiger partial charge in [-0.15, -0.1) is 0 Å². The highest BCUT2D eigenvalue weighted by atomic mass is 79.9. The van der Waals surface area contributed by atoms with Crippen molar-refractivity contribution in [2.45, 2.75) is 51.7 Å². The Balaban J connectivity index is 1.20. The normalized spacial score (nSPS) is 14.5. The molecule has 0 radical (unpaired) electrons. The number of benzene rings is 3. The maximum absolute atomic E-state index is 12.5. The zero-order chi connectivity index (χ0) is 32.1. The van der Waals surface area contributed by atoms with E-state index in [-0.39, 0.29) is 19.0 Å². The molecule has 45 heavy (non-hydrogen) atoms. The molecule has 0 aromatic heterocycles. The predicted molar refractivity (Wildman–Crippen MR) is 186 cm³/mol. The summed E-state index contributed by atoms with van der Waals surface area (Å²) in [5, 5.41) is 0. The smallest absolute Gasteiger partial charge is 0.428 e. The van der Waals surface area contributed by atoms with E-state index in [9.17, 15) is 9.59 Å². The average molecular weight is 811 g/mol. The van der Waals surface area contributed by atoms with Gasteiger partial charge in [-0.05, 0) is 37.5 Å². The van der Waals surface area contributed by atoms with Crippen LogP contribution in [0.5, 0.6) is 0 Å². The first-order valence-electron chi connectivity index (χ1n) is 15.5. The number of halogens is 3. The van der Waals surface area contributed by atoms with Gasteiger partial charge in [0.15, 0.2) is 0 Å². The lowest BCUT2D eigenvalue weighted by atomic mass is 10.0. The minimum absolute atomic E-state index is 0.162. The van der Waals surface area contributed by atoms with Gasteiger partial charge in [-0.3, -0.25) is 4.79 Å². The van der Waals surface area contributed by atoms with E-state index < -0.39 is 12.9 Å². The molecular weight excluding hydrogens is 768 g/mol. The number of quaternary nitrogens is 2. The third-order valence-electron chi connectivity index (χ3n) is 8.51. The van der Waals surface area contributed by atoms with Crippen molar-refractivity contribution in [1.29, 1.82) is 0 Å². The molecule has 0 unspecified atom stereocenters. The predicted octanol–water partition coefficient (Wildman–Crippen LogP) is 8.76. The molecule has 3 aromatic rings. The molecule has 0 N–H and O–H groups in total. The number of piperidine rings is 1. The quantitative estimate of drug-likeness (QED) is 0.0874. The van der Waals surface area contributed by atoms with Gasteiger partial charge in [-0.2, -0.15) is 0 Å². The third-order valence-corrected chi connectivity index (χ3v) is 10.8. The Morgan fingerprint density at radius 3 is 1.82 bits per heavy atom. The average Bonchev–Trinajstić information content (AvgIpc) is 3.01. The molecule has 0 bridgehead atoms. The molecular formula is C35H43Br3N2O5+2. The summed E-state index contributed by atoms with van der Waals surface area (Å²) in [5.74, 6) is -0.370. The number of ether oxygens (including phenoxy) is 3. The second kappa shape index (κ2) is 17.6. The number of esters is 1. The van der Waals surface area contributed by atoms with Crippen molar-refractivity contribution in [1.82, 2.24) is 0 Å². The van der Waals surface area contributed by atoms with E-state index >= 15 is 0 Å². The number of rotatable bonds is 15. The number of likely N-dealkylation sites (N-methyl/N-ethyl adjacent to an activating group) is 1. The largest absolute Gasteiger partial charge is 0.511 e. The van der Waals surface area contributed by atoms with Crippen molar-refractivity contribution < 1.29 is 32.8 Å². The van der Waals surface area contributed by atoms with Crippen molar-refractivity contribution in [3.8, 4) is 0 Å². The molecule has 0 atom stereocenters. The van der Waals surface area contributed by atoms with E-state index in [4.69, 9.17) is 14.2 Å². The Labute approximate surface area is 292 Å². The van der Waals surface area contributed by atoms with Gasteiger partial charge in [-0.25, -0.2) is 4.79 Å². The number of carbonyl (C=O) groups excluding carboxylic acids is 2. The van der Waals surface area contributed by atoms with Crippen molar-refractivity contribution >= 4 is 59.9 Å². The molecule has 1 fully saturated rings.